The highest BCUT2D eigenvalue weighted by atomic mass is 32.2. The lowest BCUT2D eigenvalue weighted by Gasteiger charge is -2.30. The summed E-state index contributed by atoms with van der Waals surface area (Å²) < 4.78 is 31.5. The molecule has 1 unspecified atom stereocenters. The van der Waals surface area contributed by atoms with E-state index in [0.717, 1.165) is 35.9 Å². The number of rotatable bonds is 9. The Kier molecular flexibility index (Phi) is 7.67. The minimum absolute atomic E-state index is 0.334. The Morgan fingerprint density at radius 3 is 2.00 bits per heavy atom. The maximum absolute atomic E-state index is 13.2. The molecule has 2 rings (SSSR count). The molecule has 0 spiro atoms. The van der Waals surface area contributed by atoms with Crippen LogP contribution in [0.1, 0.15) is 38.3 Å². The summed E-state index contributed by atoms with van der Waals surface area (Å²) in [5, 5.41) is 3.01. The lowest BCUT2D eigenvalue weighted by atomic mass is 10.0. The second kappa shape index (κ2) is 9.78. The fraction of sp³-hybridized carbons (Fsp3) is 0.409. The quantitative estimate of drug-likeness (QED) is 0.668. The molecule has 1 amide bonds. The zero-order chi connectivity index (χ0) is 21.6. The lowest BCUT2D eigenvalue weighted by Crippen LogP contribution is -2.47. The first-order valence-corrected chi connectivity index (χ1v) is 11.7. The van der Waals surface area contributed by atoms with E-state index < -0.39 is 16.1 Å². The summed E-state index contributed by atoms with van der Waals surface area (Å²) in [6.07, 6.45) is 2.99. The fourth-order valence-electron chi connectivity index (χ4n) is 3.40. The number of carbonyl (C=O) groups excluding carboxylic acids is 1. The highest BCUT2D eigenvalue weighted by Crippen LogP contribution is 2.27. The Bertz CT molecular complexity index is 918. The Morgan fingerprint density at radius 2 is 1.59 bits per heavy atom. The maximum atomic E-state index is 13.2. The molecule has 0 saturated heterocycles. The summed E-state index contributed by atoms with van der Waals surface area (Å²) in [6, 6.07) is 11.7. The normalized spacial score (nSPS) is 12.3. The Balaban J connectivity index is 2.44. The number of amides is 1. The van der Waals surface area contributed by atoms with Crippen molar-refractivity contribution in [1.29, 1.82) is 0 Å². The molecule has 0 aliphatic heterocycles. The van der Waals surface area contributed by atoms with E-state index in [1.165, 1.54) is 4.31 Å². The fourth-order valence-corrected chi connectivity index (χ4v) is 4.61. The van der Waals surface area contributed by atoms with E-state index in [1.807, 2.05) is 32.0 Å². The lowest BCUT2D eigenvalue weighted by molar-refractivity contribution is -0.117. The summed E-state index contributed by atoms with van der Waals surface area (Å²) in [7, 11) is -2.14. The van der Waals surface area contributed by atoms with Crippen molar-refractivity contribution in [2.45, 2.75) is 46.1 Å². The van der Waals surface area contributed by atoms with Crippen LogP contribution < -0.4 is 14.4 Å². The van der Waals surface area contributed by atoms with Gasteiger partial charge in [-0.3, -0.25) is 9.10 Å². The monoisotopic (exact) mass is 418 g/mol. The van der Waals surface area contributed by atoms with E-state index in [-0.39, 0.29) is 5.91 Å². The smallest absolute Gasteiger partial charge is 0.248 e. The van der Waals surface area contributed by atoms with Crippen LogP contribution in [0.3, 0.4) is 0 Å². The molecule has 0 fully saturated rings. The van der Waals surface area contributed by atoms with Gasteiger partial charge in [0.05, 0.1) is 19.1 Å². The van der Waals surface area contributed by atoms with Crippen LogP contribution in [0.25, 0.3) is 0 Å². The van der Waals surface area contributed by atoms with Crippen LogP contribution in [-0.4, -0.2) is 33.7 Å². The minimum atomic E-state index is -3.69. The zero-order valence-corrected chi connectivity index (χ0v) is 18.5. The van der Waals surface area contributed by atoms with E-state index in [0.29, 0.717) is 17.9 Å². The number of hydrogen-bond donors (Lipinski definition) is 1. The predicted molar refractivity (Wildman–Crippen MR) is 118 cm³/mol. The van der Waals surface area contributed by atoms with Gasteiger partial charge >= 0.3 is 0 Å². The van der Waals surface area contributed by atoms with Crippen molar-refractivity contribution in [3.63, 3.8) is 0 Å². The largest absolute Gasteiger partial charge is 0.497 e. The summed E-state index contributed by atoms with van der Waals surface area (Å²) in [5.74, 6) is 0.272. The van der Waals surface area contributed by atoms with Crippen LogP contribution in [0.15, 0.2) is 42.5 Å². The minimum Gasteiger partial charge on any atom is -0.497 e. The standard InChI is InChI=1S/C22H30N2O4S/c1-6-16-10-9-11-17(7-2)21(16)23-22(25)20(8-3)24(29(5,26)27)18-12-14-19(28-4)15-13-18/h9-15,20H,6-8H2,1-5H3,(H,23,25). The average molecular weight is 419 g/mol. The summed E-state index contributed by atoms with van der Waals surface area (Å²) in [5.41, 5.74) is 3.27. The second-order valence-corrected chi connectivity index (χ2v) is 8.69. The van der Waals surface area contributed by atoms with Gasteiger partial charge in [-0.05, 0) is 54.7 Å². The number of ether oxygens (including phenoxy) is 1. The van der Waals surface area contributed by atoms with E-state index >= 15 is 0 Å². The Hall–Kier alpha value is -2.54. The summed E-state index contributed by atoms with van der Waals surface area (Å²) in [6.45, 7) is 5.86. The molecular formula is C22H30N2O4S. The van der Waals surface area contributed by atoms with Crippen molar-refractivity contribution in [2.75, 3.05) is 23.0 Å². The molecule has 6 nitrogen and oxygen atoms in total. The van der Waals surface area contributed by atoms with Gasteiger partial charge in [0.2, 0.25) is 15.9 Å². The molecule has 1 atom stereocenters. The third-order valence-electron chi connectivity index (χ3n) is 4.90. The number of nitrogens with one attached hydrogen (secondary N) is 1. The second-order valence-electron chi connectivity index (χ2n) is 6.83. The first-order chi connectivity index (χ1) is 13.8. The molecule has 7 heteroatoms. The number of sulfonamides is 1. The molecule has 0 bridgehead atoms. The Labute approximate surface area is 173 Å². The highest BCUT2D eigenvalue weighted by Gasteiger charge is 2.32. The first kappa shape index (κ1) is 22.7. The van der Waals surface area contributed by atoms with Crippen molar-refractivity contribution < 1.29 is 17.9 Å². The van der Waals surface area contributed by atoms with Crippen LogP contribution in [0.2, 0.25) is 0 Å². The number of para-hydroxylation sites is 1. The highest BCUT2D eigenvalue weighted by molar-refractivity contribution is 7.92. The van der Waals surface area contributed by atoms with Gasteiger partial charge in [0.25, 0.3) is 0 Å². The number of hydrogen-bond acceptors (Lipinski definition) is 4. The van der Waals surface area contributed by atoms with Gasteiger partial charge in [-0.25, -0.2) is 8.42 Å². The molecule has 29 heavy (non-hydrogen) atoms. The van der Waals surface area contributed by atoms with Gasteiger partial charge in [0.15, 0.2) is 0 Å². The molecule has 2 aromatic carbocycles. The molecule has 0 radical (unpaired) electrons. The molecule has 0 aromatic heterocycles. The third-order valence-corrected chi connectivity index (χ3v) is 6.08. The summed E-state index contributed by atoms with van der Waals surface area (Å²) in [4.78, 5) is 13.2. The number of carbonyl (C=O) groups is 1. The third kappa shape index (κ3) is 5.29. The van der Waals surface area contributed by atoms with Crippen molar-refractivity contribution in [3.8, 4) is 5.75 Å². The van der Waals surface area contributed by atoms with Crippen molar-refractivity contribution in [1.82, 2.24) is 0 Å². The molecule has 0 saturated carbocycles. The van der Waals surface area contributed by atoms with Crippen molar-refractivity contribution in [3.05, 3.63) is 53.6 Å². The van der Waals surface area contributed by atoms with Crippen LogP contribution >= 0.6 is 0 Å². The van der Waals surface area contributed by atoms with Gasteiger partial charge in [0.1, 0.15) is 11.8 Å². The molecule has 0 aliphatic carbocycles. The number of aryl methyl sites for hydroxylation is 2. The summed E-state index contributed by atoms with van der Waals surface area (Å²) >= 11 is 0. The number of methoxy groups -OCH3 is 1. The van der Waals surface area contributed by atoms with Crippen molar-refractivity contribution in [2.24, 2.45) is 0 Å². The number of nitrogens with zero attached hydrogens (tertiary/aromatic N) is 1. The van der Waals surface area contributed by atoms with Crippen molar-refractivity contribution >= 4 is 27.3 Å². The van der Waals surface area contributed by atoms with E-state index in [9.17, 15) is 13.2 Å². The van der Waals surface area contributed by atoms with Gasteiger partial charge in [0, 0.05) is 5.69 Å². The number of benzene rings is 2. The molecule has 158 valence electrons. The van der Waals surface area contributed by atoms with Gasteiger partial charge in [-0.1, -0.05) is 39.0 Å². The van der Waals surface area contributed by atoms with Gasteiger partial charge in [-0.2, -0.15) is 0 Å². The first-order valence-electron chi connectivity index (χ1n) is 9.81. The molecule has 0 aliphatic rings. The molecular weight excluding hydrogens is 388 g/mol. The predicted octanol–water partition coefficient (Wildman–Crippen LogP) is 4.00. The van der Waals surface area contributed by atoms with E-state index in [4.69, 9.17) is 4.74 Å². The zero-order valence-electron chi connectivity index (χ0n) is 17.7. The van der Waals surface area contributed by atoms with Crippen LogP contribution in [-0.2, 0) is 27.7 Å². The van der Waals surface area contributed by atoms with E-state index in [2.05, 4.69) is 5.32 Å². The molecule has 0 heterocycles. The van der Waals surface area contributed by atoms with E-state index in [1.54, 1.807) is 38.3 Å². The average Bonchev–Trinajstić information content (AvgIpc) is 2.71. The number of anilines is 2. The molecule has 1 N–H and O–H groups in total. The maximum Gasteiger partial charge on any atom is 0.248 e. The Morgan fingerprint density at radius 1 is 1.03 bits per heavy atom. The van der Waals surface area contributed by atoms with Crippen LogP contribution in [0, 0.1) is 0 Å². The van der Waals surface area contributed by atoms with Crippen LogP contribution in [0.4, 0.5) is 11.4 Å². The topological polar surface area (TPSA) is 75.7 Å². The van der Waals surface area contributed by atoms with Crippen LogP contribution in [0.5, 0.6) is 5.75 Å². The molecule has 2 aromatic rings. The van der Waals surface area contributed by atoms with Gasteiger partial charge in [-0.15, -0.1) is 0 Å². The SMILES string of the molecule is CCc1cccc(CC)c1NC(=O)C(CC)N(c1ccc(OC)cc1)S(C)(=O)=O. The van der Waals surface area contributed by atoms with Gasteiger partial charge < -0.3 is 10.1 Å².